The van der Waals surface area contributed by atoms with E-state index >= 15 is 0 Å². The molecular weight excluding hydrogens is 358 g/mol. The Kier molecular flexibility index (Phi) is 6.87. The van der Waals surface area contributed by atoms with Crippen LogP contribution in [0.15, 0.2) is 50.8 Å². The first-order chi connectivity index (χ1) is 12.4. The van der Waals surface area contributed by atoms with Gasteiger partial charge < -0.3 is 9.84 Å². The minimum Gasteiger partial charge on any atom is -0.510 e. The standard InChI is InChI=1S/C17H23N3O5S/c1-3-25-17(22)16(13(2)21)19-18-14-7-9-15(10-8-14)26(23,24)20-11-5-4-6-12-20/h7-10,21H,3-6,11-12H2,1-2H3/b16-13+,19-18?. The first-order valence-corrected chi connectivity index (χ1v) is 9.89. The summed E-state index contributed by atoms with van der Waals surface area (Å²) in [5.74, 6) is -1.09. The molecule has 1 aliphatic rings. The maximum absolute atomic E-state index is 12.6. The maximum atomic E-state index is 12.6. The van der Waals surface area contributed by atoms with E-state index < -0.39 is 16.0 Å². The number of benzene rings is 1. The zero-order valence-electron chi connectivity index (χ0n) is 14.9. The predicted molar refractivity (Wildman–Crippen MR) is 95.5 cm³/mol. The molecule has 0 aliphatic carbocycles. The van der Waals surface area contributed by atoms with Gasteiger partial charge in [-0.05, 0) is 51.0 Å². The van der Waals surface area contributed by atoms with Crippen molar-refractivity contribution in [2.24, 2.45) is 10.2 Å². The van der Waals surface area contributed by atoms with E-state index in [1.165, 1.54) is 35.5 Å². The van der Waals surface area contributed by atoms with Crippen molar-refractivity contribution in [1.29, 1.82) is 0 Å². The number of aliphatic hydroxyl groups is 1. The van der Waals surface area contributed by atoms with Crippen molar-refractivity contribution in [3.63, 3.8) is 0 Å². The van der Waals surface area contributed by atoms with Crippen LogP contribution < -0.4 is 0 Å². The smallest absolute Gasteiger partial charge is 0.362 e. The highest BCUT2D eigenvalue weighted by Crippen LogP contribution is 2.23. The second-order valence-electron chi connectivity index (χ2n) is 5.81. The maximum Gasteiger partial charge on any atom is 0.362 e. The highest BCUT2D eigenvalue weighted by molar-refractivity contribution is 7.89. The first-order valence-electron chi connectivity index (χ1n) is 8.45. The lowest BCUT2D eigenvalue weighted by Crippen LogP contribution is -2.35. The number of rotatable bonds is 6. The number of carbonyl (C=O) groups is 1. The van der Waals surface area contributed by atoms with Crippen molar-refractivity contribution in [3.8, 4) is 0 Å². The van der Waals surface area contributed by atoms with Gasteiger partial charge in [0.25, 0.3) is 0 Å². The number of sulfonamides is 1. The molecule has 0 unspecified atom stereocenters. The number of hydrogen-bond donors (Lipinski definition) is 1. The van der Waals surface area contributed by atoms with Gasteiger partial charge in [-0.15, -0.1) is 5.11 Å². The van der Waals surface area contributed by atoms with Crippen molar-refractivity contribution in [2.45, 2.75) is 38.0 Å². The molecule has 1 N–H and O–H groups in total. The number of carbonyl (C=O) groups excluding carboxylic acids is 1. The summed E-state index contributed by atoms with van der Waals surface area (Å²) in [5, 5.41) is 17.1. The van der Waals surface area contributed by atoms with Crippen LogP contribution in [0.3, 0.4) is 0 Å². The molecule has 1 aromatic rings. The van der Waals surface area contributed by atoms with Crippen LogP contribution in [-0.4, -0.2) is 43.5 Å². The SMILES string of the molecule is CCOC(=O)/C(N=Nc1ccc(S(=O)(=O)N2CCCCC2)cc1)=C(/C)O. The van der Waals surface area contributed by atoms with Crippen LogP contribution in [0.25, 0.3) is 0 Å². The fourth-order valence-electron chi connectivity index (χ4n) is 2.51. The number of allylic oxidation sites excluding steroid dienone is 1. The highest BCUT2D eigenvalue weighted by Gasteiger charge is 2.25. The number of piperidine rings is 1. The molecule has 1 fully saturated rings. The number of ether oxygens (including phenoxy) is 1. The molecule has 0 saturated carbocycles. The number of azo groups is 1. The van der Waals surface area contributed by atoms with Gasteiger partial charge in [-0.3, -0.25) is 0 Å². The van der Waals surface area contributed by atoms with Gasteiger partial charge in [-0.2, -0.15) is 9.42 Å². The Bertz CT molecular complexity index is 790. The molecule has 1 saturated heterocycles. The van der Waals surface area contributed by atoms with E-state index in [-0.39, 0.29) is 23.0 Å². The second-order valence-corrected chi connectivity index (χ2v) is 7.75. The number of nitrogens with zero attached hydrogens (tertiary/aromatic N) is 3. The molecule has 26 heavy (non-hydrogen) atoms. The van der Waals surface area contributed by atoms with Crippen LogP contribution in [0.5, 0.6) is 0 Å². The van der Waals surface area contributed by atoms with Crippen LogP contribution in [0, 0.1) is 0 Å². The Labute approximate surface area is 153 Å². The summed E-state index contributed by atoms with van der Waals surface area (Å²) in [6.45, 7) is 4.16. The lowest BCUT2D eigenvalue weighted by atomic mass is 10.2. The minimum atomic E-state index is -3.51. The van der Waals surface area contributed by atoms with Crippen molar-refractivity contribution in [2.75, 3.05) is 19.7 Å². The average molecular weight is 381 g/mol. The van der Waals surface area contributed by atoms with Crippen LogP contribution in [-0.2, 0) is 19.6 Å². The molecule has 9 heteroatoms. The summed E-state index contributed by atoms with van der Waals surface area (Å²) >= 11 is 0. The molecule has 0 spiro atoms. The minimum absolute atomic E-state index is 0.147. The summed E-state index contributed by atoms with van der Waals surface area (Å²) in [7, 11) is -3.51. The van der Waals surface area contributed by atoms with Gasteiger partial charge in [-0.1, -0.05) is 6.42 Å². The highest BCUT2D eigenvalue weighted by atomic mass is 32.2. The molecule has 0 radical (unpaired) electrons. The molecule has 0 amide bonds. The molecule has 8 nitrogen and oxygen atoms in total. The van der Waals surface area contributed by atoms with E-state index in [4.69, 9.17) is 4.74 Å². The quantitative estimate of drug-likeness (QED) is 0.352. The first kappa shape index (κ1) is 20.1. The van der Waals surface area contributed by atoms with Crippen LogP contribution in [0.4, 0.5) is 5.69 Å². The fraction of sp³-hybridized carbons (Fsp3) is 0.471. The molecule has 1 aliphatic heterocycles. The predicted octanol–water partition coefficient (Wildman–Crippen LogP) is 3.30. The summed E-state index contributed by atoms with van der Waals surface area (Å²) in [5.41, 5.74) is 0.0579. The Morgan fingerprint density at radius 1 is 1.19 bits per heavy atom. The molecule has 1 aromatic carbocycles. The van der Waals surface area contributed by atoms with E-state index in [9.17, 15) is 18.3 Å². The number of esters is 1. The van der Waals surface area contributed by atoms with Gasteiger partial charge in [-0.25, -0.2) is 13.2 Å². The lowest BCUT2D eigenvalue weighted by molar-refractivity contribution is -0.138. The molecule has 2 rings (SSSR count). The lowest BCUT2D eigenvalue weighted by Gasteiger charge is -2.25. The second kappa shape index (κ2) is 8.91. The zero-order chi connectivity index (χ0) is 19.2. The Morgan fingerprint density at radius 3 is 2.35 bits per heavy atom. The number of aliphatic hydroxyl groups excluding tert-OH is 1. The Morgan fingerprint density at radius 2 is 1.81 bits per heavy atom. The number of hydrogen-bond acceptors (Lipinski definition) is 7. The van der Waals surface area contributed by atoms with Crippen molar-refractivity contribution in [1.82, 2.24) is 4.31 Å². The summed E-state index contributed by atoms with van der Waals surface area (Å²) in [4.78, 5) is 11.9. The third-order valence-corrected chi connectivity index (χ3v) is 5.78. The van der Waals surface area contributed by atoms with E-state index in [1.54, 1.807) is 6.92 Å². The fourth-order valence-corrected chi connectivity index (χ4v) is 4.02. The molecular formula is C17H23N3O5S. The topological polar surface area (TPSA) is 109 Å². The van der Waals surface area contributed by atoms with Crippen LogP contribution in [0.2, 0.25) is 0 Å². The van der Waals surface area contributed by atoms with Crippen LogP contribution in [0.1, 0.15) is 33.1 Å². The normalized spacial score (nSPS) is 17.2. The largest absolute Gasteiger partial charge is 0.510 e. The third kappa shape index (κ3) is 4.89. The van der Waals surface area contributed by atoms with Crippen molar-refractivity contribution >= 4 is 21.7 Å². The summed E-state index contributed by atoms with van der Waals surface area (Å²) in [6, 6.07) is 5.90. The van der Waals surface area contributed by atoms with Crippen molar-refractivity contribution in [3.05, 3.63) is 35.7 Å². The van der Waals surface area contributed by atoms with E-state index in [0.29, 0.717) is 18.8 Å². The molecule has 0 bridgehead atoms. The Hall–Kier alpha value is -2.26. The van der Waals surface area contributed by atoms with Crippen LogP contribution >= 0.6 is 0 Å². The van der Waals surface area contributed by atoms with Gasteiger partial charge in [0.05, 0.1) is 17.2 Å². The molecule has 0 atom stereocenters. The van der Waals surface area contributed by atoms with Gasteiger partial charge in [0.1, 0.15) is 5.76 Å². The van der Waals surface area contributed by atoms with E-state index in [1.807, 2.05) is 0 Å². The molecule has 0 aromatic heterocycles. The van der Waals surface area contributed by atoms with Gasteiger partial charge >= 0.3 is 5.97 Å². The Balaban J connectivity index is 2.16. The van der Waals surface area contributed by atoms with Crippen molar-refractivity contribution < 1.29 is 23.1 Å². The summed E-state index contributed by atoms with van der Waals surface area (Å²) < 4.78 is 31.4. The van der Waals surface area contributed by atoms with Gasteiger partial charge in [0, 0.05) is 13.1 Å². The average Bonchev–Trinajstić information content (AvgIpc) is 2.63. The molecule has 1 heterocycles. The van der Waals surface area contributed by atoms with Gasteiger partial charge in [0.15, 0.2) is 0 Å². The van der Waals surface area contributed by atoms with Gasteiger partial charge in [0.2, 0.25) is 15.7 Å². The van der Waals surface area contributed by atoms with E-state index in [2.05, 4.69) is 10.2 Å². The third-order valence-electron chi connectivity index (χ3n) is 3.87. The van der Waals surface area contributed by atoms with E-state index in [0.717, 1.165) is 19.3 Å². The monoisotopic (exact) mass is 381 g/mol. The summed E-state index contributed by atoms with van der Waals surface area (Å²) in [6.07, 6.45) is 2.79. The zero-order valence-corrected chi connectivity index (χ0v) is 15.7. The molecule has 142 valence electrons.